The van der Waals surface area contributed by atoms with Crippen molar-refractivity contribution in [2.75, 3.05) is 13.1 Å². The molecule has 2 aromatic rings. The predicted octanol–water partition coefficient (Wildman–Crippen LogP) is 4.64. The van der Waals surface area contributed by atoms with E-state index in [2.05, 4.69) is 23.5 Å². The maximum absolute atomic E-state index is 12.9. The first kappa shape index (κ1) is 23.3. The molecule has 0 radical (unpaired) electrons. The van der Waals surface area contributed by atoms with Crippen molar-refractivity contribution < 1.29 is 13.2 Å². The Morgan fingerprint density at radius 3 is 2.41 bits per heavy atom. The Morgan fingerprint density at radius 1 is 1.06 bits per heavy atom. The molecule has 2 aromatic carbocycles. The summed E-state index contributed by atoms with van der Waals surface area (Å²) in [6.07, 6.45) is 5.84. The van der Waals surface area contributed by atoms with Crippen LogP contribution in [0, 0.1) is 5.92 Å². The van der Waals surface area contributed by atoms with Crippen LogP contribution < -0.4 is 5.32 Å². The van der Waals surface area contributed by atoms with Crippen molar-refractivity contribution in [1.29, 1.82) is 0 Å². The van der Waals surface area contributed by atoms with E-state index in [0.717, 1.165) is 18.4 Å². The molecular weight excluding hydrogens is 444 g/mol. The first-order valence-corrected chi connectivity index (χ1v) is 13.4. The normalized spacial score (nSPS) is 18.7. The Kier molecular flexibility index (Phi) is 7.23. The molecule has 2 aliphatic rings. The van der Waals surface area contributed by atoms with Crippen LogP contribution in [0.5, 0.6) is 0 Å². The summed E-state index contributed by atoms with van der Waals surface area (Å²) in [5, 5.41) is 3.74. The number of amides is 1. The molecule has 0 bridgehead atoms. The Morgan fingerprint density at radius 2 is 1.72 bits per heavy atom. The van der Waals surface area contributed by atoms with Crippen LogP contribution in [0.15, 0.2) is 42.5 Å². The van der Waals surface area contributed by atoms with E-state index in [1.165, 1.54) is 28.3 Å². The zero-order valence-corrected chi connectivity index (χ0v) is 20.1. The number of nitrogens with one attached hydrogen (secondary N) is 1. The van der Waals surface area contributed by atoms with Crippen molar-refractivity contribution >= 4 is 27.5 Å². The van der Waals surface area contributed by atoms with E-state index >= 15 is 0 Å². The van der Waals surface area contributed by atoms with Crippen molar-refractivity contribution in [3.8, 4) is 0 Å². The monoisotopic (exact) mass is 474 g/mol. The van der Waals surface area contributed by atoms with E-state index in [-0.39, 0.29) is 23.6 Å². The number of fused-ring (bicyclic) bond motifs is 1. The maximum Gasteiger partial charge on any atom is 0.223 e. The number of benzene rings is 2. The highest BCUT2D eigenvalue weighted by Gasteiger charge is 2.31. The molecule has 1 heterocycles. The minimum Gasteiger partial charge on any atom is -0.349 e. The number of rotatable bonds is 6. The largest absolute Gasteiger partial charge is 0.349 e. The number of piperidine rings is 1. The lowest BCUT2D eigenvalue weighted by Gasteiger charge is -2.31. The Hall–Kier alpha value is -1.89. The molecule has 5 nitrogen and oxygen atoms in total. The fraction of sp³-hybridized carbons (Fsp3) is 0.480. The summed E-state index contributed by atoms with van der Waals surface area (Å²) in [6.45, 7) is 2.77. The summed E-state index contributed by atoms with van der Waals surface area (Å²) in [7, 11) is -3.41. The fourth-order valence-corrected chi connectivity index (χ4v) is 6.41. The zero-order valence-electron chi connectivity index (χ0n) is 18.5. The molecular formula is C25H31ClN2O3S. The lowest BCUT2D eigenvalue weighted by Crippen LogP contribution is -2.43. The van der Waals surface area contributed by atoms with Crippen molar-refractivity contribution in [3.63, 3.8) is 0 Å². The van der Waals surface area contributed by atoms with E-state index in [1.807, 2.05) is 6.92 Å². The molecule has 1 amide bonds. The van der Waals surface area contributed by atoms with Gasteiger partial charge in [0.2, 0.25) is 15.9 Å². The number of aryl methyl sites for hydroxylation is 2. The van der Waals surface area contributed by atoms with Crippen LogP contribution in [0.3, 0.4) is 0 Å². The van der Waals surface area contributed by atoms with Gasteiger partial charge in [0.1, 0.15) is 0 Å². The summed E-state index contributed by atoms with van der Waals surface area (Å²) in [6, 6.07) is 13.4. The molecule has 1 fully saturated rings. The molecule has 1 aliphatic carbocycles. The first-order valence-electron chi connectivity index (χ1n) is 11.5. The summed E-state index contributed by atoms with van der Waals surface area (Å²) in [5.41, 5.74) is 4.70. The molecule has 0 spiro atoms. The van der Waals surface area contributed by atoms with Crippen LogP contribution >= 0.6 is 11.6 Å². The van der Waals surface area contributed by atoms with Gasteiger partial charge < -0.3 is 5.32 Å². The molecule has 1 saturated heterocycles. The van der Waals surface area contributed by atoms with Gasteiger partial charge in [-0.3, -0.25) is 4.79 Å². The van der Waals surface area contributed by atoms with Gasteiger partial charge in [-0.2, -0.15) is 0 Å². The zero-order chi connectivity index (χ0) is 22.7. The smallest absolute Gasteiger partial charge is 0.223 e. The van der Waals surface area contributed by atoms with Gasteiger partial charge >= 0.3 is 0 Å². The molecule has 0 aromatic heterocycles. The molecule has 0 saturated carbocycles. The summed E-state index contributed by atoms with van der Waals surface area (Å²) in [4.78, 5) is 12.9. The van der Waals surface area contributed by atoms with Gasteiger partial charge in [-0.25, -0.2) is 12.7 Å². The van der Waals surface area contributed by atoms with E-state index in [4.69, 9.17) is 11.6 Å². The minimum atomic E-state index is -3.41. The van der Waals surface area contributed by atoms with Crippen molar-refractivity contribution in [2.24, 2.45) is 5.92 Å². The van der Waals surface area contributed by atoms with Crippen LogP contribution in [0.2, 0.25) is 5.02 Å². The second-order valence-electron chi connectivity index (χ2n) is 9.02. The third-order valence-electron chi connectivity index (χ3n) is 6.71. The standard InChI is InChI=1S/C25H31ClN2O3S/c1-18(22-9-8-20-4-2-3-5-23(20)16-22)27-25(29)21-12-14-28(15-13-21)32(30,31)17-19-6-10-24(26)11-7-19/h6-11,16,18,21H,2-5,12-15,17H2,1H3,(H,27,29). The second kappa shape index (κ2) is 9.94. The number of nitrogens with zero attached hydrogens (tertiary/aromatic N) is 1. The summed E-state index contributed by atoms with van der Waals surface area (Å²) in [5.74, 6) is -0.182. The maximum atomic E-state index is 12.9. The average molecular weight is 475 g/mol. The number of halogens is 1. The second-order valence-corrected chi connectivity index (χ2v) is 11.4. The lowest BCUT2D eigenvalue weighted by atomic mass is 9.89. The predicted molar refractivity (Wildman–Crippen MR) is 128 cm³/mol. The number of hydrogen-bond acceptors (Lipinski definition) is 3. The average Bonchev–Trinajstić information content (AvgIpc) is 2.80. The van der Waals surface area contributed by atoms with Gasteiger partial charge in [-0.15, -0.1) is 0 Å². The molecule has 1 N–H and O–H groups in total. The van der Waals surface area contributed by atoms with E-state index in [0.29, 0.717) is 36.5 Å². The molecule has 1 unspecified atom stereocenters. The topological polar surface area (TPSA) is 66.5 Å². The van der Waals surface area contributed by atoms with Crippen LogP contribution in [0.25, 0.3) is 0 Å². The highest BCUT2D eigenvalue weighted by atomic mass is 35.5. The fourth-order valence-electron chi connectivity index (χ4n) is 4.72. The van der Waals surface area contributed by atoms with Gasteiger partial charge in [-0.1, -0.05) is 41.9 Å². The van der Waals surface area contributed by atoms with Gasteiger partial charge in [0.15, 0.2) is 0 Å². The van der Waals surface area contributed by atoms with E-state index in [9.17, 15) is 13.2 Å². The Labute approximate surface area is 196 Å². The molecule has 7 heteroatoms. The number of carbonyl (C=O) groups excluding carboxylic acids is 1. The third kappa shape index (κ3) is 5.53. The van der Waals surface area contributed by atoms with Crippen LogP contribution in [0.1, 0.15) is 60.9 Å². The minimum absolute atomic E-state index is 0.0185. The van der Waals surface area contributed by atoms with Gasteiger partial charge in [0.05, 0.1) is 11.8 Å². The number of hydrogen-bond donors (Lipinski definition) is 1. The Balaban J connectivity index is 1.30. The van der Waals surface area contributed by atoms with Crippen LogP contribution in [-0.2, 0) is 33.4 Å². The van der Waals surface area contributed by atoms with Crippen molar-refractivity contribution in [2.45, 2.75) is 57.2 Å². The first-order chi connectivity index (χ1) is 15.3. The van der Waals surface area contributed by atoms with Gasteiger partial charge in [0, 0.05) is 24.0 Å². The molecule has 1 atom stereocenters. The van der Waals surface area contributed by atoms with Crippen molar-refractivity contribution in [1.82, 2.24) is 9.62 Å². The Bertz CT molecular complexity index is 1060. The summed E-state index contributed by atoms with van der Waals surface area (Å²) >= 11 is 5.89. The third-order valence-corrected chi connectivity index (χ3v) is 8.81. The van der Waals surface area contributed by atoms with E-state index < -0.39 is 10.0 Å². The van der Waals surface area contributed by atoms with Crippen LogP contribution in [-0.4, -0.2) is 31.7 Å². The quantitative estimate of drug-likeness (QED) is 0.663. The van der Waals surface area contributed by atoms with Crippen molar-refractivity contribution in [3.05, 3.63) is 69.7 Å². The number of carbonyl (C=O) groups is 1. The SMILES string of the molecule is CC(NC(=O)C1CCN(S(=O)(=O)Cc2ccc(Cl)cc2)CC1)c1ccc2c(c1)CCCC2. The van der Waals surface area contributed by atoms with Crippen LogP contribution in [0.4, 0.5) is 0 Å². The van der Waals surface area contributed by atoms with Gasteiger partial charge in [0.25, 0.3) is 0 Å². The summed E-state index contributed by atoms with van der Waals surface area (Å²) < 4.78 is 27.1. The molecule has 172 valence electrons. The molecule has 4 rings (SSSR count). The van der Waals surface area contributed by atoms with Gasteiger partial charge in [-0.05, 0) is 79.8 Å². The molecule has 1 aliphatic heterocycles. The highest BCUT2D eigenvalue weighted by Crippen LogP contribution is 2.26. The lowest BCUT2D eigenvalue weighted by molar-refractivity contribution is -0.126. The molecule has 32 heavy (non-hydrogen) atoms. The number of sulfonamides is 1. The highest BCUT2D eigenvalue weighted by molar-refractivity contribution is 7.88. The van der Waals surface area contributed by atoms with E-state index in [1.54, 1.807) is 24.3 Å².